The molecular formula is C16H17N3O2S. The van der Waals surface area contributed by atoms with Crippen molar-refractivity contribution in [3.8, 4) is 11.5 Å². The summed E-state index contributed by atoms with van der Waals surface area (Å²) in [5, 5.41) is 3.36. The normalized spacial score (nSPS) is 15.6. The number of fused-ring (bicyclic) bond motifs is 2. The minimum atomic E-state index is -0.487. The van der Waals surface area contributed by atoms with E-state index < -0.39 is 6.03 Å². The second-order valence-corrected chi connectivity index (χ2v) is 5.99. The number of urea groups is 1. The molecule has 1 aliphatic heterocycles. The zero-order valence-electron chi connectivity index (χ0n) is 12.2. The SMILES string of the molecule is CCSN(C(N)=O)C1Nc2ccccc2Oc2ccccc21. The topological polar surface area (TPSA) is 67.6 Å². The van der Waals surface area contributed by atoms with Gasteiger partial charge >= 0.3 is 6.03 Å². The molecule has 0 aromatic heterocycles. The fraction of sp³-hybridized carbons (Fsp3) is 0.188. The number of primary amides is 1. The molecule has 114 valence electrons. The van der Waals surface area contributed by atoms with E-state index in [9.17, 15) is 4.79 Å². The molecule has 3 N–H and O–H groups in total. The predicted molar refractivity (Wildman–Crippen MR) is 88.9 cm³/mol. The summed E-state index contributed by atoms with van der Waals surface area (Å²) in [6, 6.07) is 14.8. The van der Waals surface area contributed by atoms with Crippen LogP contribution >= 0.6 is 11.9 Å². The number of nitrogens with zero attached hydrogens (tertiary/aromatic N) is 1. The van der Waals surface area contributed by atoms with Gasteiger partial charge < -0.3 is 15.8 Å². The average molecular weight is 315 g/mol. The highest BCUT2D eigenvalue weighted by molar-refractivity contribution is 7.97. The van der Waals surface area contributed by atoms with Gasteiger partial charge in [-0.2, -0.15) is 0 Å². The number of para-hydroxylation sites is 3. The Bertz CT molecular complexity index is 693. The van der Waals surface area contributed by atoms with E-state index in [0.29, 0.717) is 5.75 Å². The highest BCUT2D eigenvalue weighted by Gasteiger charge is 2.29. The Kier molecular flexibility index (Phi) is 4.11. The van der Waals surface area contributed by atoms with Gasteiger partial charge in [0.2, 0.25) is 0 Å². The minimum absolute atomic E-state index is 0.387. The average Bonchev–Trinajstić information content (AvgIpc) is 2.68. The van der Waals surface area contributed by atoms with Gasteiger partial charge in [-0.05, 0) is 30.1 Å². The van der Waals surface area contributed by atoms with Crippen LogP contribution in [0.3, 0.4) is 0 Å². The van der Waals surface area contributed by atoms with Crippen LogP contribution in [-0.4, -0.2) is 16.1 Å². The lowest BCUT2D eigenvalue weighted by atomic mass is 10.1. The maximum absolute atomic E-state index is 11.9. The fourth-order valence-corrected chi connectivity index (χ4v) is 3.13. The smallest absolute Gasteiger partial charge is 0.326 e. The molecule has 6 heteroatoms. The molecule has 5 nitrogen and oxygen atoms in total. The summed E-state index contributed by atoms with van der Waals surface area (Å²) in [7, 11) is 0. The molecule has 2 aromatic rings. The third-order valence-electron chi connectivity index (χ3n) is 3.33. The predicted octanol–water partition coefficient (Wildman–Crippen LogP) is 3.95. The van der Waals surface area contributed by atoms with Crippen molar-refractivity contribution in [2.75, 3.05) is 11.1 Å². The molecule has 0 bridgehead atoms. The highest BCUT2D eigenvalue weighted by atomic mass is 32.2. The van der Waals surface area contributed by atoms with Crippen LogP contribution in [0.2, 0.25) is 0 Å². The second-order valence-electron chi connectivity index (χ2n) is 4.76. The minimum Gasteiger partial charge on any atom is -0.455 e. The molecule has 1 aliphatic rings. The summed E-state index contributed by atoms with van der Waals surface area (Å²) in [6.45, 7) is 1.98. The molecule has 0 saturated carbocycles. The van der Waals surface area contributed by atoms with Crippen molar-refractivity contribution in [1.29, 1.82) is 0 Å². The monoisotopic (exact) mass is 315 g/mol. The molecule has 1 unspecified atom stereocenters. The molecule has 1 atom stereocenters. The summed E-state index contributed by atoms with van der Waals surface area (Å²) < 4.78 is 7.54. The second kappa shape index (κ2) is 6.19. The third-order valence-corrected chi connectivity index (χ3v) is 4.26. The number of carbonyl (C=O) groups is 1. The quantitative estimate of drug-likeness (QED) is 0.842. The zero-order valence-corrected chi connectivity index (χ0v) is 13.0. The van der Waals surface area contributed by atoms with E-state index in [1.807, 2.05) is 55.5 Å². The molecular weight excluding hydrogens is 298 g/mol. The van der Waals surface area contributed by atoms with Crippen molar-refractivity contribution in [1.82, 2.24) is 4.31 Å². The van der Waals surface area contributed by atoms with Crippen molar-refractivity contribution >= 4 is 23.7 Å². The molecule has 22 heavy (non-hydrogen) atoms. The maximum atomic E-state index is 11.9. The molecule has 0 fully saturated rings. The molecule has 1 heterocycles. The highest BCUT2D eigenvalue weighted by Crippen LogP contribution is 2.42. The Labute approximate surface area is 133 Å². The Hall–Kier alpha value is -2.34. The van der Waals surface area contributed by atoms with E-state index in [1.54, 1.807) is 4.31 Å². The van der Waals surface area contributed by atoms with Gasteiger partial charge in [0.15, 0.2) is 5.75 Å². The molecule has 0 radical (unpaired) electrons. The van der Waals surface area contributed by atoms with Crippen LogP contribution in [0, 0.1) is 0 Å². The summed E-state index contributed by atoms with van der Waals surface area (Å²) >= 11 is 1.38. The number of benzene rings is 2. The standard InChI is InChI=1S/C16H17N3O2S/c1-2-22-19(16(17)20)15-11-7-3-5-9-13(11)21-14-10-6-4-8-12(14)18-15/h3-10,15,18H,2H2,1H3,(H2,17,20). The number of ether oxygens (including phenoxy) is 1. The molecule has 2 aromatic carbocycles. The van der Waals surface area contributed by atoms with Crippen molar-refractivity contribution in [2.24, 2.45) is 5.73 Å². The number of carbonyl (C=O) groups excluding carboxylic acids is 1. The van der Waals surface area contributed by atoms with Gasteiger partial charge in [0.05, 0.1) is 5.69 Å². The summed E-state index contributed by atoms with van der Waals surface area (Å²) in [5.74, 6) is 2.18. The van der Waals surface area contributed by atoms with Gasteiger partial charge in [0.1, 0.15) is 11.9 Å². The number of rotatable bonds is 3. The van der Waals surface area contributed by atoms with Gasteiger partial charge in [-0.3, -0.25) is 0 Å². The van der Waals surface area contributed by atoms with E-state index in [-0.39, 0.29) is 6.17 Å². The van der Waals surface area contributed by atoms with Crippen LogP contribution in [0.1, 0.15) is 18.7 Å². The Morgan fingerprint density at radius 3 is 2.64 bits per heavy atom. The summed E-state index contributed by atoms with van der Waals surface area (Å²) in [6.07, 6.45) is -0.387. The first-order valence-corrected chi connectivity index (χ1v) is 7.99. The van der Waals surface area contributed by atoms with Crippen LogP contribution in [-0.2, 0) is 0 Å². The first-order chi connectivity index (χ1) is 10.7. The van der Waals surface area contributed by atoms with Crippen molar-refractivity contribution in [3.63, 3.8) is 0 Å². The van der Waals surface area contributed by atoms with Crippen molar-refractivity contribution in [3.05, 3.63) is 54.1 Å². The number of nitrogens with two attached hydrogens (primary N) is 1. The number of hydrogen-bond donors (Lipinski definition) is 2. The Morgan fingerprint density at radius 1 is 1.23 bits per heavy atom. The Balaban J connectivity index is 2.10. The molecule has 0 aliphatic carbocycles. The number of amides is 2. The van der Waals surface area contributed by atoms with Crippen LogP contribution in [0.5, 0.6) is 11.5 Å². The Morgan fingerprint density at radius 2 is 1.91 bits per heavy atom. The third kappa shape index (κ3) is 2.69. The van der Waals surface area contributed by atoms with Crippen molar-refractivity contribution in [2.45, 2.75) is 13.1 Å². The number of hydrogen-bond acceptors (Lipinski definition) is 4. The molecule has 0 saturated heterocycles. The van der Waals surface area contributed by atoms with Gasteiger partial charge in [-0.15, -0.1) is 0 Å². The first-order valence-electron chi connectivity index (χ1n) is 7.04. The van der Waals surface area contributed by atoms with Gasteiger partial charge in [0.25, 0.3) is 0 Å². The van der Waals surface area contributed by atoms with Gasteiger partial charge in [-0.25, -0.2) is 9.10 Å². The van der Waals surface area contributed by atoms with Crippen LogP contribution in [0.4, 0.5) is 10.5 Å². The largest absolute Gasteiger partial charge is 0.455 e. The van der Waals surface area contributed by atoms with Gasteiger partial charge in [-0.1, -0.05) is 37.3 Å². The van der Waals surface area contributed by atoms with Crippen molar-refractivity contribution < 1.29 is 9.53 Å². The van der Waals surface area contributed by atoms with E-state index in [4.69, 9.17) is 10.5 Å². The van der Waals surface area contributed by atoms with Crippen LogP contribution in [0.15, 0.2) is 48.5 Å². The molecule has 2 amide bonds. The first kappa shape index (κ1) is 14.6. The van der Waals surface area contributed by atoms with E-state index in [2.05, 4.69) is 5.32 Å². The van der Waals surface area contributed by atoms with E-state index in [1.165, 1.54) is 11.9 Å². The number of nitrogens with one attached hydrogen (secondary N) is 1. The molecule has 0 spiro atoms. The van der Waals surface area contributed by atoms with Gasteiger partial charge in [0, 0.05) is 11.3 Å². The molecule has 3 rings (SSSR count). The fourth-order valence-electron chi connectivity index (χ4n) is 2.41. The van der Waals surface area contributed by atoms with E-state index >= 15 is 0 Å². The lowest BCUT2D eigenvalue weighted by Crippen LogP contribution is -2.37. The lowest BCUT2D eigenvalue weighted by Gasteiger charge is -2.29. The van der Waals surface area contributed by atoms with Crippen LogP contribution < -0.4 is 15.8 Å². The maximum Gasteiger partial charge on any atom is 0.326 e. The number of anilines is 1. The van der Waals surface area contributed by atoms with Crippen LogP contribution in [0.25, 0.3) is 0 Å². The zero-order chi connectivity index (χ0) is 15.5. The summed E-state index contributed by atoms with van der Waals surface area (Å²) in [5.41, 5.74) is 7.27. The summed E-state index contributed by atoms with van der Waals surface area (Å²) in [4.78, 5) is 11.9. The van der Waals surface area contributed by atoms with E-state index in [0.717, 1.165) is 22.8 Å². The lowest BCUT2D eigenvalue weighted by molar-refractivity contribution is 0.228.